The summed E-state index contributed by atoms with van der Waals surface area (Å²) in [6.07, 6.45) is 5.00. The maximum Gasteiger partial charge on any atom is 0.273 e. The maximum atomic E-state index is 12.5. The molecule has 0 spiro atoms. The minimum Gasteiger partial charge on any atom is -0.465 e. The van der Waals surface area contributed by atoms with Crippen molar-refractivity contribution in [2.75, 3.05) is 13.1 Å². The van der Waals surface area contributed by atoms with Crippen LogP contribution in [-0.4, -0.2) is 40.0 Å². The van der Waals surface area contributed by atoms with Crippen molar-refractivity contribution in [2.24, 2.45) is 0 Å². The molecular formula is C17H17N3O2S. The number of ether oxygens (including phenoxy) is 1. The number of amides is 1. The Morgan fingerprint density at radius 3 is 3.22 bits per heavy atom. The molecule has 2 aromatic heterocycles. The molecule has 1 aliphatic rings. The fourth-order valence-electron chi connectivity index (χ4n) is 3.01. The topological polar surface area (TPSA) is 58.2 Å². The number of carbonyl (C=O) groups is 1. The van der Waals surface area contributed by atoms with Crippen LogP contribution in [0.1, 0.15) is 12.0 Å². The summed E-state index contributed by atoms with van der Waals surface area (Å²) in [6.45, 7) is 1.39. The first-order valence-electron chi connectivity index (χ1n) is 7.68. The largest absolute Gasteiger partial charge is 0.465 e. The van der Waals surface area contributed by atoms with E-state index >= 15 is 0 Å². The molecule has 3 heterocycles. The van der Waals surface area contributed by atoms with Gasteiger partial charge in [-0.3, -0.25) is 4.79 Å². The number of nitrogens with zero attached hydrogens (tertiary/aromatic N) is 2. The zero-order chi connectivity index (χ0) is 15.6. The molecule has 6 heteroatoms. The van der Waals surface area contributed by atoms with Crippen molar-refractivity contribution in [3.8, 4) is 5.19 Å². The summed E-state index contributed by atoms with van der Waals surface area (Å²) in [7, 11) is 0. The van der Waals surface area contributed by atoms with Gasteiger partial charge in [-0.1, -0.05) is 29.5 Å². The number of nitrogens with one attached hydrogen (secondary N) is 1. The summed E-state index contributed by atoms with van der Waals surface area (Å²) in [4.78, 5) is 21.8. The van der Waals surface area contributed by atoms with Crippen molar-refractivity contribution in [1.29, 1.82) is 0 Å². The van der Waals surface area contributed by atoms with Gasteiger partial charge in [-0.05, 0) is 11.6 Å². The number of hydrogen-bond acceptors (Lipinski definition) is 4. The summed E-state index contributed by atoms with van der Waals surface area (Å²) in [6, 6.07) is 8.06. The molecule has 23 heavy (non-hydrogen) atoms. The average Bonchev–Trinajstić information content (AvgIpc) is 3.29. The van der Waals surface area contributed by atoms with Crippen molar-refractivity contribution >= 4 is 28.1 Å². The van der Waals surface area contributed by atoms with E-state index in [0.717, 1.165) is 29.4 Å². The van der Waals surface area contributed by atoms with Crippen molar-refractivity contribution in [3.63, 3.8) is 0 Å². The van der Waals surface area contributed by atoms with Crippen LogP contribution in [0.2, 0.25) is 0 Å². The molecule has 0 aliphatic carbocycles. The molecule has 1 atom stereocenters. The first-order chi connectivity index (χ1) is 11.3. The van der Waals surface area contributed by atoms with E-state index in [1.54, 1.807) is 6.20 Å². The Morgan fingerprint density at radius 2 is 2.35 bits per heavy atom. The number of carbonyl (C=O) groups excluding carboxylic acids is 1. The maximum absolute atomic E-state index is 12.5. The molecule has 1 saturated heterocycles. The predicted octanol–water partition coefficient (Wildman–Crippen LogP) is 2.85. The SMILES string of the molecule is O=C(Cc1c[nH]c2ccccc12)N1CCC(Oc2nccs2)C1. The number of fused-ring (bicyclic) bond motifs is 1. The highest BCUT2D eigenvalue weighted by Gasteiger charge is 2.28. The smallest absolute Gasteiger partial charge is 0.273 e. The van der Waals surface area contributed by atoms with Gasteiger partial charge in [0.15, 0.2) is 0 Å². The van der Waals surface area contributed by atoms with Crippen LogP contribution >= 0.6 is 11.3 Å². The van der Waals surface area contributed by atoms with Gasteiger partial charge in [0.2, 0.25) is 5.91 Å². The minimum absolute atomic E-state index is 0.0491. The number of para-hydroxylation sites is 1. The molecule has 1 aromatic carbocycles. The van der Waals surface area contributed by atoms with Crippen LogP contribution in [0, 0.1) is 0 Å². The molecule has 3 aromatic rings. The zero-order valence-electron chi connectivity index (χ0n) is 12.6. The number of benzene rings is 1. The van der Waals surface area contributed by atoms with Gasteiger partial charge in [-0.2, -0.15) is 0 Å². The normalized spacial score (nSPS) is 17.7. The molecule has 1 N–H and O–H groups in total. The number of aromatic amines is 1. The molecule has 1 fully saturated rings. The van der Waals surface area contributed by atoms with Crippen LogP contribution in [0.25, 0.3) is 10.9 Å². The van der Waals surface area contributed by atoms with E-state index in [1.165, 1.54) is 11.3 Å². The van der Waals surface area contributed by atoms with Crippen LogP contribution in [0.3, 0.4) is 0 Å². The number of rotatable bonds is 4. The van der Waals surface area contributed by atoms with Gasteiger partial charge < -0.3 is 14.6 Å². The number of H-pyrrole nitrogens is 1. The van der Waals surface area contributed by atoms with Crippen LogP contribution in [0.5, 0.6) is 5.19 Å². The molecular weight excluding hydrogens is 310 g/mol. The zero-order valence-corrected chi connectivity index (χ0v) is 13.4. The lowest BCUT2D eigenvalue weighted by Crippen LogP contribution is -2.32. The molecule has 0 radical (unpaired) electrons. The highest BCUT2D eigenvalue weighted by Crippen LogP contribution is 2.22. The molecule has 1 aliphatic heterocycles. The van der Waals surface area contributed by atoms with Crippen LogP contribution in [0.4, 0.5) is 0 Å². The lowest BCUT2D eigenvalue weighted by Gasteiger charge is -2.16. The standard InChI is InChI=1S/C17H17N3O2S/c21-16(9-12-10-19-15-4-2-1-3-14(12)15)20-7-5-13(11-20)22-17-18-6-8-23-17/h1-4,6,8,10,13,19H,5,7,9,11H2. The van der Waals surface area contributed by atoms with Gasteiger partial charge in [0.1, 0.15) is 6.10 Å². The first kappa shape index (κ1) is 14.3. The summed E-state index contributed by atoms with van der Waals surface area (Å²) in [5.74, 6) is 0.153. The Kier molecular flexibility index (Phi) is 3.75. The van der Waals surface area contributed by atoms with E-state index in [4.69, 9.17) is 4.74 Å². The lowest BCUT2D eigenvalue weighted by atomic mass is 10.1. The Labute approximate surface area is 137 Å². The average molecular weight is 327 g/mol. The Bertz CT molecular complexity index is 812. The molecule has 1 unspecified atom stereocenters. The molecule has 5 nitrogen and oxygen atoms in total. The molecule has 4 rings (SSSR count). The molecule has 0 saturated carbocycles. The molecule has 118 valence electrons. The van der Waals surface area contributed by atoms with E-state index < -0.39 is 0 Å². The first-order valence-corrected chi connectivity index (χ1v) is 8.56. The van der Waals surface area contributed by atoms with Crippen LogP contribution in [0.15, 0.2) is 42.0 Å². The van der Waals surface area contributed by atoms with Gasteiger partial charge in [0.05, 0.1) is 13.0 Å². The number of hydrogen-bond donors (Lipinski definition) is 1. The monoisotopic (exact) mass is 327 g/mol. The quantitative estimate of drug-likeness (QED) is 0.801. The van der Waals surface area contributed by atoms with E-state index in [9.17, 15) is 4.79 Å². The summed E-state index contributed by atoms with van der Waals surface area (Å²) in [5.41, 5.74) is 2.12. The van der Waals surface area contributed by atoms with E-state index in [0.29, 0.717) is 18.2 Å². The second kappa shape index (κ2) is 6.04. The van der Waals surface area contributed by atoms with Gasteiger partial charge in [0, 0.05) is 41.6 Å². The third-order valence-corrected chi connectivity index (χ3v) is 4.85. The van der Waals surface area contributed by atoms with E-state index in [2.05, 4.69) is 9.97 Å². The Balaban J connectivity index is 1.40. The van der Waals surface area contributed by atoms with Gasteiger partial charge in [0.25, 0.3) is 5.19 Å². The van der Waals surface area contributed by atoms with E-state index in [-0.39, 0.29) is 12.0 Å². The third-order valence-electron chi connectivity index (χ3n) is 4.19. The summed E-state index contributed by atoms with van der Waals surface area (Å²) in [5, 5.41) is 3.70. The minimum atomic E-state index is 0.0491. The van der Waals surface area contributed by atoms with Crippen molar-refractivity contribution in [2.45, 2.75) is 18.9 Å². The lowest BCUT2D eigenvalue weighted by molar-refractivity contribution is -0.129. The highest BCUT2D eigenvalue weighted by molar-refractivity contribution is 7.11. The number of likely N-dealkylation sites (tertiary alicyclic amines) is 1. The molecule has 1 amide bonds. The van der Waals surface area contributed by atoms with E-state index in [1.807, 2.05) is 40.7 Å². The summed E-state index contributed by atoms with van der Waals surface area (Å²) < 4.78 is 5.81. The third kappa shape index (κ3) is 2.94. The fourth-order valence-corrected chi connectivity index (χ4v) is 3.57. The van der Waals surface area contributed by atoms with Crippen LogP contribution < -0.4 is 4.74 Å². The molecule has 0 bridgehead atoms. The Morgan fingerprint density at radius 1 is 1.43 bits per heavy atom. The number of aromatic nitrogens is 2. The van der Waals surface area contributed by atoms with Gasteiger partial charge in [-0.25, -0.2) is 4.98 Å². The van der Waals surface area contributed by atoms with Crippen molar-refractivity contribution in [3.05, 3.63) is 47.6 Å². The Hall–Kier alpha value is -2.34. The summed E-state index contributed by atoms with van der Waals surface area (Å²) >= 11 is 1.48. The second-order valence-electron chi connectivity index (χ2n) is 5.70. The van der Waals surface area contributed by atoms with Gasteiger partial charge in [-0.15, -0.1) is 0 Å². The number of thiazole rings is 1. The van der Waals surface area contributed by atoms with Crippen LogP contribution in [-0.2, 0) is 11.2 Å². The fraction of sp³-hybridized carbons (Fsp3) is 0.294. The van der Waals surface area contributed by atoms with Crippen molar-refractivity contribution in [1.82, 2.24) is 14.9 Å². The van der Waals surface area contributed by atoms with Crippen molar-refractivity contribution < 1.29 is 9.53 Å². The second-order valence-corrected chi connectivity index (χ2v) is 6.56. The predicted molar refractivity (Wildman–Crippen MR) is 89.7 cm³/mol. The van der Waals surface area contributed by atoms with Gasteiger partial charge >= 0.3 is 0 Å². The highest BCUT2D eigenvalue weighted by atomic mass is 32.1.